The summed E-state index contributed by atoms with van der Waals surface area (Å²) in [6, 6.07) is 7.76. The number of nitrogens with one attached hydrogen (secondary N) is 2. The van der Waals surface area contributed by atoms with Crippen LogP contribution in [-0.4, -0.2) is 44.8 Å². The Morgan fingerprint density at radius 2 is 2.09 bits per heavy atom. The predicted octanol–water partition coefficient (Wildman–Crippen LogP) is 4.02. The number of hydrogen-bond acceptors (Lipinski definition) is 5. The topological polar surface area (TPSA) is 89.1 Å². The van der Waals surface area contributed by atoms with Crippen molar-refractivity contribution in [2.24, 2.45) is 4.99 Å². The monoisotopic (exact) mass is 449 g/mol. The van der Waals surface area contributed by atoms with Crippen LogP contribution in [0.1, 0.15) is 40.4 Å². The quantitative estimate of drug-likeness (QED) is 0.629. The Balaban J connectivity index is 1.51. The van der Waals surface area contributed by atoms with Crippen LogP contribution in [0, 0.1) is 6.92 Å². The first-order valence-electron chi connectivity index (χ1n) is 10.7. The number of hydrogen-bond donors (Lipinski definition) is 2. The summed E-state index contributed by atoms with van der Waals surface area (Å²) in [6.45, 7) is 4.47. The van der Waals surface area contributed by atoms with Crippen molar-refractivity contribution in [2.75, 3.05) is 18.4 Å². The first-order valence-corrected chi connectivity index (χ1v) is 11.1. The number of benzene rings is 1. The van der Waals surface area contributed by atoms with Crippen molar-refractivity contribution in [3.8, 4) is 5.69 Å². The van der Waals surface area contributed by atoms with Crippen molar-refractivity contribution >= 4 is 35.4 Å². The number of allylic oxidation sites excluding steroid dienone is 2. The Labute approximate surface area is 191 Å². The minimum Gasteiger partial charge on any atom is -0.317 e. The third-order valence-corrected chi connectivity index (χ3v) is 6.11. The van der Waals surface area contributed by atoms with Gasteiger partial charge in [-0.25, -0.2) is 14.4 Å². The lowest BCUT2D eigenvalue weighted by atomic mass is 9.95. The smallest absolute Gasteiger partial charge is 0.262 e. The number of carbonyl (C=O) groups excluding carboxylic acids is 1. The molecule has 2 aliphatic rings. The highest BCUT2D eigenvalue weighted by Gasteiger charge is 2.24. The van der Waals surface area contributed by atoms with Crippen molar-refractivity contribution in [1.29, 1.82) is 0 Å². The molecule has 5 rings (SSSR count). The zero-order valence-corrected chi connectivity index (χ0v) is 18.5. The lowest BCUT2D eigenvalue weighted by Crippen LogP contribution is -2.26. The first kappa shape index (κ1) is 20.7. The molecule has 0 unspecified atom stereocenters. The molecule has 0 atom stereocenters. The van der Waals surface area contributed by atoms with Gasteiger partial charge in [-0.15, -0.1) is 0 Å². The van der Waals surface area contributed by atoms with Gasteiger partial charge in [-0.05, 0) is 56.6 Å². The first-order chi connectivity index (χ1) is 15.6. The fourth-order valence-electron chi connectivity index (χ4n) is 4.10. The molecular weight excluding hydrogens is 426 g/mol. The number of rotatable bonds is 4. The molecule has 3 aromatic rings. The minimum absolute atomic E-state index is 0.286. The third-order valence-electron chi connectivity index (χ3n) is 5.81. The summed E-state index contributed by atoms with van der Waals surface area (Å²) in [5.74, 6) is 1.16. The maximum absolute atomic E-state index is 13.2. The van der Waals surface area contributed by atoms with E-state index in [1.807, 2.05) is 43.3 Å². The molecule has 2 aliphatic heterocycles. The van der Waals surface area contributed by atoms with Crippen molar-refractivity contribution in [3.63, 3.8) is 0 Å². The maximum Gasteiger partial charge on any atom is 0.262 e. The zero-order chi connectivity index (χ0) is 22.1. The number of amides is 1. The molecule has 1 fully saturated rings. The zero-order valence-electron chi connectivity index (χ0n) is 17.8. The highest BCUT2D eigenvalue weighted by molar-refractivity contribution is 6.32. The standard InChI is InChI=1S/C23H24ClN7O/c1-15-4-5-20(18(24)12-15)31-21(13-19(29-31)16-6-9-25-10-7-16)28-23(32)17-14-27-30-11-3-2-8-26-22(17)30/h2-5,8,12-14,16,25H,6-7,9-11H2,1H3,(H,28,32). The Morgan fingerprint density at radius 1 is 1.25 bits per heavy atom. The second kappa shape index (κ2) is 8.72. The molecule has 0 aliphatic carbocycles. The van der Waals surface area contributed by atoms with Crippen LogP contribution in [0.15, 0.2) is 47.6 Å². The van der Waals surface area contributed by atoms with Crippen LogP contribution >= 0.6 is 11.6 Å². The Hall–Kier alpha value is -3.23. The minimum atomic E-state index is -0.286. The maximum atomic E-state index is 13.2. The molecule has 164 valence electrons. The number of anilines is 1. The summed E-state index contributed by atoms with van der Waals surface area (Å²) in [4.78, 5) is 17.6. The van der Waals surface area contributed by atoms with E-state index < -0.39 is 0 Å². The molecule has 4 heterocycles. The molecule has 1 amide bonds. The molecule has 0 radical (unpaired) electrons. The van der Waals surface area contributed by atoms with Crippen LogP contribution < -0.4 is 10.6 Å². The van der Waals surface area contributed by atoms with Crippen LogP contribution in [0.25, 0.3) is 5.69 Å². The van der Waals surface area contributed by atoms with Gasteiger partial charge in [0.1, 0.15) is 11.4 Å². The molecule has 0 saturated carbocycles. The molecule has 2 N–H and O–H groups in total. The molecule has 2 aromatic heterocycles. The fourth-order valence-corrected chi connectivity index (χ4v) is 4.42. The van der Waals surface area contributed by atoms with Crippen LogP contribution in [0.5, 0.6) is 0 Å². The van der Waals surface area contributed by atoms with Gasteiger partial charge in [0, 0.05) is 18.2 Å². The number of carbonyl (C=O) groups is 1. The van der Waals surface area contributed by atoms with Crippen molar-refractivity contribution in [3.05, 3.63) is 64.5 Å². The molecular formula is C23H24ClN7O. The molecule has 1 saturated heterocycles. The van der Waals surface area contributed by atoms with Gasteiger partial charge in [-0.1, -0.05) is 23.7 Å². The second-order valence-electron chi connectivity index (χ2n) is 8.07. The van der Waals surface area contributed by atoms with E-state index in [1.54, 1.807) is 21.8 Å². The largest absolute Gasteiger partial charge is 0.317 e. The van der Waals surface area contributed by atoms with Crippen LogP contribution in [0.4, 0.5) is 11.6 Å². The Morgan fingerprint density at radius 3 is 2.91 bits per heavy atom. The van der Waals surface area contributed by atoms with Crippen LogP contribution in [-0.2, 0) is 6.54 Å². The second-order valence-corrected chi connectivity index (χ2v) is 8.48. The third kappa shape index (κ3) is 3.99. The van der Waals surface area contributed by atoms with Gasteiger partial charge in [0.2, 0.25) is 0 Å². The molecule has 0 bridgehead atoms. The van der Waals surface area contributed by atoms with E-state index in [1.165, 1.54) is 0 Å². The number of aryl methyl sites for hydroxylation is 1. The van der Waals surface area contributed by atoms with Gasteiger partial charge in [-0.3, -0.25) is 4.79 Å². The molecule has 8 nitrogen and oxygen atoms in total. The van der Waals surface area contributed by atoms with Crippen molar-refractivity contribution < 1.29 is 4.79 Å². The van der Waals surface area contributed by atoms with Gasteiger partial charge in [-0.2, -0.15) is 10.2 Å². The molecule has 1 aromatic carbocycles. The normalized spacial score (nSPS) is 16.1. The summed E-state index contributed by atoms with van der Waals surface area (Å²) in [7, 11) is 0. The summed E-state index contributed by atoms with van der Waals surface area (Å²) in [5, 5.41) is 16.2. The fraction of sp³-hybridized carbons (Fsp3) is 0.304. The molecule has 9 heteroatoms. The van der Waals surface area contributed by atoms with Crippen molar-refractivity contribution in [2.45, 2.75) is 32.2 Å². The van der Waals surface area contributed by atoms with Gasteiger partial charge >= 0.3 is 0 Å². The van der Waals surface area contributed by atoms with E-state index in [-0.39, 0.29) is 5.91 Å². The summed E-state index contributed by atoms with van der Waals surface area (Å²) < 4.78 is 3.42. The SMILES string of the molecule is Cc1ccc(-n2nc(C3CCNCC3)cc2NC(=O)c2cnn3c2N=CC=CC3)c(Cl)c1. The number of piperidine rings is 1. The number of halogens is 1. The summed E-state index contributed by atoms with van der Waals surface area (Å²) >= 11 is 6.56. The van der Waals surface area contributed by atoms with E-state index in [4.69, 9.17) is 16.7 Å². The van der Waals surface area contributed by atoms with Gasteiger partial charge in [0.05, 0.1) is 29.1 Å². The molecule has 32 heavy (non-hydrogen) atoms. The number of fused-ring (bicyclic) bond motifs is 1. The van der Waals surface area contributed by atoms with E-state index in [0.29, 0.717) is 34.7 Å². The highest BCUT2D eigenvalue weighted by atomic mass is 35.5. The number of aliphatic imine (C=N–C) groups is 1. The predicted molar refractivity (Wildman–Crippen MR) is 126 cm³/mol. The average Bonchev–Trinajstić information content (AvgIpc) is 3.31. The van der Waals surface area contributed by atoms with Crippen LogP contribution in [0.3, 0.4) is 0 Å². The van der Waals surface area contributed by atoms with Gasteiger partial charge < -0.3 is 10.6 Å². The summed E-state index contributed by atoms with van der Waals surface area (Å²) in [5.41, 5.74) is 3.15. The van der Waals surface area contributed by atoms with Gasteiger partial charge in [0.15, 0.2) is 5.82 Å². The lowest BCUT2D eigenvalue weighted by Gasteiger charge is -2.20. The van der Waals surface area contributed by atoms with E-state index in [0.717, 1.165) is 42.9 Å². The van der Waals surface area contributed by atoms with Crippen molar-refractivity contribution in [1.82, 2.24) is 24.9 Å². The molecule has 0 spiro atoms. The lowest BCUT2D eigenvalue weighted by molar-refractivity contribution is 0.102. The number of nitrogens with zero attached hydrogens (tertiary/aromatic N) is 5. The van der Waals surface area contributed by atoms with Crippen LogP contribution in [0.2, 0.25) is 5.02 Å². The Kier molecular flexibility index (Phi) is 5.63. The van der Waals surface area contributed by atoms with E-state index in [2.05, 4.69) is 20.7 Å². The highest BCUT2D eigenvalue weighted by Crippen LogP contribution is 2.31. The average molecular weight is 450 g/mol. The number of aromatic nitrogens is 4. The van der Waals surface area contributed by atoms with Gasteiger partial charge in [0.25, 0.3) is 5.91 Å². The van der Waals surface area contributed by atoms with E-state index >= 15 is 0 Å². The van der Waals surface area contributed by atoms with E-state index in [9.17, 15) is 4.79 Å². The summed E-state index contributed by atoms with van der Waals surface area (Å²) in [6.07, 6.45) is 9.01. The Bertz CT molecular complexity index is 1220.